The first-order valence-corrected chi connectivity index (χ1v) is 12.2. The highest BCUT2D eigenvalue weighted by atomic mass is 32.1. The molecule has 0 aromatic carbocycles. The van der Waals surface area contributed by atoms with E-state index in [0.29, 0.717) is 23.8 Å². The number of fused-ring (bicyclic) bond motifs is 3. The van der Waals surface area contributed by atoms with Crippen LogP contribution in [-0.2, 0) is 11.8 Å². The van der Waals surface area contributed by atoms with Gasteiger partial charge in [0, 0.05) is 43.7 Å². The Morgan fingerprint density at radius 1 is 1.28 bits per heavy atom. The number of piperidine rings is 3. The van der Waals surface area contributed by atoms with Gasteiger partial charge in [-0.15, -0.1) is 11.3 Å². The van der Waals surface area contributed by atoms with Crippen LogP contribution in [-0.4, -0.2) is 46.3 Å². The van der Waals surface area contributed by atoms with E-state index in [2.05, 4.69) is 45.5 Å². The van der Waals surface area contributed by atoms with Crippen LogP contribution in [0.25, 0.3) is 10.6 Å². The summed E-state index contributed by atoms with van der Waals surface area (Å²) < 4.78 is 2.10. The van der Waals surface area contributed by atoms with Crippen LogP contribution in [0.1, 0.15) is 56.6 Å². The lowest BCUT2D eigenvalue weighted by Crippen LogP contribution is -2.56. The second-order valence-corrected chi connectivity index (χ2v) is 10.1. The largest absolute Gasteiger partial charge is 0.354 e. The van der Waals surface area contributed by atoms with Gasteiger partial charge in [-0.2, -0.15) is 5.10 Å². The Labute approximate surface area is 177 Å². The Kier molecular flexibility index (Phi) is 5.48. The second-order valence-electron chi connectivity index (χ2n) is 9.18. The molecule has 6 heteroatoms. The van der Waals surface area contributed by atoms with E-state index in [1.807, 2.05) is 0 Å². The van der Waals surface area contributed by atoms with Crippen molar-refractivity contribution in [2.45, 2.75) is 56.9 Å². The highest BCUT2D eigenvalue weighted by Gasteiger charge is 2.42. The molecule has 1 unspecified atom stereocenters. The zero-order chi connectivity index (χ0) is 19.8. The number of hydrogen-bond donors (Lipinski definition) is 1. The molecule has 5 nitrogen and oxygen atoms in total. The first-order chi connectivity index (χ1) is 14.2. The maximum Gasteiger partial charge on any atom is 0.223 e. The van der Waals surface area contributed by atoms with Crippen LogP contribution >= 0.6 is 11.3 Å². The molecule has 6 rings (SSSR count). The van der Waals surface area contributed by atoms with Crippen molar-refractivity contribution in [2.24, 2.45) is 18.9 Å². The second kappa shape index (κ2) is 8.23. The molecule has 5 heterocycles. The van der Waals surface area contributed by atoms with E-state index in [0.717, 1.165) is 31.6 Å². The molecule has 2 aromatic heterocycles. The van der Waals surface area contributed by atoms with Gasteiger partial charge < -0.3 is 5.32 Å². The zero-order valence-corrected chi connectivity index (χ0v) is 18.2. The average Bonchev–Trinajstić information content (AvgIpc) is 3.43. The predicted octanol–water partition coefficient (Wildman–Crippen LogP) is 4.02. The van der Waals surface area contributed by atoms with E-state index in [1.165, 1.54) is 49.2 Å². The van der Waals surface area contributed by atoms with Gasteiger partial charge in [0.15, 0.2) is 0 Å². The van der Waals surface area contributed by atoms with E-state index < -0.39 is 0 Å². The summed E-state index contributed by atoms with van der Waals surface area (Å²) in [5.41, 5.74) is 2.47. The van der Waals surface area contributed by atoms with Crippen molar-refractivity contribution in [3.63, 3.8) is 0 Å². The summed E-state index contributed by atoms with van der Waals surface area (Å²) in [4.78, 5) is 16.4. The van der Waals surface area contributed by atoms with E-state index in [1.54, 1.807) is 11.3 Å². The maximum atomic E-state index is 12.6. The van der Waals surface area contributed by atoms with Gasteiger partial charge in [0.05, 0.1) is 4.88 Å². The maximum absolute atomic E-state index is 12.6. The number of thiophene rings is 1. The van der Waals surface area contributed by atoms with E-state index in [4.69, 9.17) is 5.10 Å². The van der Waals surface area contributed by atoms with Crippen molar-refractivity contribution in [3.8, 4) is 10.6 Å². The first-order valence-electron chi connectivity index (χ1n) is 11.3. The summed E-state index contributed by atoms with van der Waals surface area (Å²) in [7, 11) is 2.09. The number of nitrogens with one attached hydrogen (secondary N) is 1. The van der Waals surface area contributed by atoms with Crippen LogP contribution in [0.2, 0.25) is 0 Å². The number of hydrogen-bond acceptors (Lipinski definition) is 4. The lowest BCUT2D eigenvalue weighted by molar-refractivity contribution is -0.126. The molecule has 1 aliphatic carbocycles. The van der Waals surface area contributed by atoms with Gasteiger partial charge in [-0.05, 0) is 55.7 Å². The number of carbonyl (C=O) groups is 1. The van der Waals surface area contributed by atoms with Crippen molar-refractivity contribution >= 4 is 17.2 Å². The molecule has 2 aromatic rings. The molecular formula is C23H32N4OS. The van der Waals surface area contributed by atoms with E-state index in [9.17, 15) is 4.79 Å². The van der Waals surface area contributed by atoms with Gasteiger partial charge in [-0.1, -0.05) is 25.3 Å². The van der Waals surface area contributed by atoms with Gasteiger partial charge in [0.1, 0.15) is 5.69 Å². The highest BCUT2D eigenvalue weighted by molar-refractivity contribution is 7.13. The lowest BCUT2D eigenvalue weighted by Gasteiger charge is -2.50. The third-order valence-corrected chi connectivity index (χ3v) is 8.33. The lowest BCUT2D eigenvalue weighted by atomic mass is 9.74. The number of amides is 1. The van der Waals surface area contributed by atoms with Gasteiger partial charge in [-0.3, -0.25) is 14.4 Å². The van der Waals surface area contributed by atoms with Crippen LogP contribution in [0.5, 0.6) is 0 Å². The van der Waals surface area contributed by atoms with Crippen molar-refractivity contribution < 1.29 is 4.79 Å². The van der Waals surface area contributed by atoms with Crippen LogP contribution in [0.3, 0.4) is 0 Å². The Bertz CT molecular complexity index is 839. The molecule has 4 fully saturated rings. The number of aryl methyl sites for hydroxylation is 1. The minimum atomic E-state index is 0.261. The molecule has 2 bridgehead atoms. The van der Waals surface area contributed by atoms with Crippen LogP contribution < -0.4 is 5.32 Å². The highest BCUT2D eigenvalue weighted by Crippen LogP contribution is 2.42. The van der Waals surface area contributed by atoms with Gasteiger partial charge in [-0.25, -0.2) is 0 Å². The van der Waals surface area contributed by atoms with Crippen molar-refractivity contribution in [3.05, 3.63) is 29.3 Å². The fraction of sp³-hybridized carbons (Fsp3) is 0.652. The molecule has 3 aliphatic heterocycles. The number of rotatable bonds is 5. The molecule has 0 spiro atoms. The fourth-order valence-electron chi connectivity index (χ4n) is 5.79. The molecule has 156 valence electrons. The molecule has 29 heavy (non-hydrogen) atoms. The quantitative estimate of drug-likeness (QED) is 0.807. The van der Waals surface area contributed by atoms with Crippen LogP contribution in [0.15, 0.2) is 23.6 Å². The Morgan fingerprint density at radius 2 is 2.14 bits per heavy atom. The molecule has 1 saturated carbocycles. The van der Waals surface area contributed by atoms with E-state index >= 15 is 0 Å². The third kappa shape index (κ3) is 3.89. The Morgan fingerprint density at radius 3 is 2.86 bits per heavy atom. The molecule has 1 N–H and O–H groups in total. The minimum Gasteiger partial charge on any atom is -0.354 e. The van der Waals surface area contributed by atoms with Crippen molar-refractivity contribution in [1.82, 2.24) is 20.0 Å². The number of carbonyl (C=O) groups excluding carboxylic acids is 1. The summed E-state index contributed by atoms with van der Waals surface area (Å²) in [6.07, 6.45) is 8.35. The van der Waals surface area contributed by atoms with Gasteiger partial charge in [0.25, 0.3) is 0 Å². The van der Waals surface area contributed by atoms with Gasteiger partial charge in [0.2, 0.25) is 5.91 Å². The summed E-state index contributed by atoms with van der Waals surface area (Å²) >= 11 is 1.75. The normalized spacial score (nSPS) is 29.8. The third-order valence-electron chi connectivity index (χ3n) is 7.44. The molecule has 4 atom stereocenters. The summed E-state index contributed by atoms with van der Waals surface area (Å²) in [6.45, 7) is 3.09. The Hall–Kier alpha value is -1.66. The molecular weight excluding hydrogens is 380 g/mol. The predicted molar refractivity (Wildman–Crippen MR) is 117 cm³/mol. The molecule has 3 saturated heterocycles. The fourth-order valence-corrected chi connectivity index (χ4v) is 6.47. The molecule has 0 radical (unpaired) electrons. The monoisotopic (exact) mass is 412 g/mol. The minimum absolute atomic E-state index is 0.261. The van der Waals surface area contributed by atoms with Gasteiger partial charge >= 0.3 is 0 Å². The summed E-state index contributed by atoms with van der Waals surface area (Å²) in [5.74, 6) is 1.82. The Balaban J connectivity index is 1.22. The van der Waals surface area contributed by atoms with E-state index in [-0.39, 0.29) is 5.92 Å². The first kappa shape index (κ1) is 19.3. The molecule has 1 amide bonds. The summed E-state index contributed by atoms with van der Waals surface area (Å²) in [6, 6.07) is 7.05. The zero-order valence-electron chi connectivity index (χ0n) is 17.3. The topological polar surface area (TPSA) is 50.2 Å². The SMILES string of the molecule is Cn1nc(-c2cccs2)cc1[C@@H]1CN2CC[C@H]1C[C@@H]2CNC(=O)C1CCCCC1. The number of aromatic nitrogens is 2. The van der Waals surface area contributed by atoms with Crippen molar-refractivity contribution in [1.29, 1.82) is 0 Å². The summed E-state index contributed by atoms with van der Waals surface area (Å²) in [5, 5.41) is 10.2. The number of nitrogens with zero attached hydrogens (tertiary/aromatic N) is 3. The molecule has 4 aliphatic rings. The van der Waals surface area contributed by atoms with Crippen LogP contribution in [0.4, 0.5) is 0 Å². The average molecular weight is 413 g/mol. The standard InChI is InChI=1S/C23H32N4OS/c1-26-21(13-20(25-26)22-8-5-11-29-22)19-15-27-10-9-17(19)12-18(27)14-24-23(28)16-6-3-2-4-7-16/h5,8,11,13,16-19H,2-4,6-7,9-10,12,14-15H2,1H3,(H,24,28)/t17-,18+,19+/m0/s1. The van der Waals surface area contributed by atoms with Crippen LogP contribution in [0, 0.1) is 11.8 Å². The smallest absolute Gasteiger partial charge is 0.223 e. The van der Waals surface area contributed by atoms with Crippen molar-refractivity contribution in [2.75, 3.05) is 19.6 Å².